The second-order valence-corrected chi connectivity index (χ2v) is 9.67. The second-order valence-electron chi connectivity index (χ2n) is 9.67. The number of nitrogens with one attached hydrogen (secondary N) is 2. The molecule has 0 aliphatic rings. The predicted molar refractivity (Wildman–Crippen MR) is 128 cm³/mol. The number of hydrogen-bond acceptors (Lipinski definition) is 6. The molecule has 0 aliphatic heterocycles. The van der Waals surface area contributed by atoms with Crippen LogP contribution in [0.3, 0.4) is 0 Å². The van der Waals surface area contributed by atoms with Gasteiger partial charge >= 0.3 is 12.0 Å². The van der Waals surface area contributed by atoms with Gasteiger partial charge in [-0.2, -0.15) is 0 Å². The minimum Gasteiger partial charge on any atom is -0.458 e. The lowest BCUT2D eigenvalue weighted by molar-refractivity contribution is -0.165. The summed E-state index contributed by atoms with van der Waals surface area (Å²) in [7, 11) is 0. The van der Waals surface area contributed by atoms with Crippen LogP contribution in [0.5, 0.6) is 0 Å². The molecule has 1 unspecified atom stereocenters. The second kappa shape index (κ2) is 11.8. The molecule has 186 valence electrons. The standard InChI is InChI=1S/C25H35N3O6/c1-16(2)14-28(15-21(29)23(31)34-25(3,4)5)24(32)26-20(22(30)27-33)13-18-11-8-10-17-9-6-7-12-19(17)18/h6-12,16,20-21,29,33H,13-15H2,1-5H3,(H,26,32)(H,27,30)/t20-,21?/m0/s1. The van der Waals surface area contributed by atoms with Gasteiger partial charge in [-0.3, -0.25) is 10.0 Å². The van der Waals surface area contributed by atoms with Crippen LogP contribution in [0.15, 0.2) is 42.5 Å². The van der Waals surface area contributed by atoms with Crippen molar-refractivity contribution in [3.8, 4) is 0 Å². The molecule has 0 radical (unpaired) electrons. The van der Waals surface area contributed by atoms with Crippen LogP contribution in [0.25, 0.3) is 10.8 Å². The first kappa shape index (κ1) is 27.1. The van der Waals surface area contributed by atoms with Crippen molar-refractivity contribution in [2.75, 3.05) is 13.1 Å². The Hall–Kier alpha value is -3.17. The molecular formula is C25H35N3O6. The van der Waals surface area contributed by atoms with Gasteiger partial charge in [0, 0.05) is 13.0 Å². The average molecular weight is 474 g/mol. The number of carbonyl (C=O) groups excluding carboxylic acids is 3. The molecule has 2 rings (SSSR count). The molecule has 4 N–H and O–H groups in total. The van der Waals surface area contributed by atoms with E-state index in [4.69, 9.17) is 4.74 Å². The number of aliphatic hydroxyl groups excluding tert-OH is 1. The molecule has 2 aromatic rings. The number of carbonyl (C=O) groups is 3. The molecular weight excluding hydrogens is 438 g/mol. The van der Waals surface area contributed by atoms with E-state index in [0.29, 0.717) is 0 Å². The average Bonchev–Trinajstić information content (AvgIpc) is 2.76. The van der Waals surface area contributed by atoms with E-state index in [2.05, 4.69) is 5.32 Å². The zero-order valence-corrected chi connectivity index (χ0v) is 20.4. The quantitative estimate of drug-likeness (QED) is 0.252. The van der Waals surface area contributed by atoms with Gasteiger partial charge in [0.15, 0.2) is 6.10 Å². The number of ether oxygens (including phenoxy) is 1. The Morgan fingerprint density at radius 3 is 2.29 bits per heavy atom. The van der Waals surface area contributed by atoms with Gasteiger partial charge in [-0.1, -0.05) is 56.3 Å². The molecule has 0 aliphatic carbocycles. The molecule has 9 heteroatoms. The van der Waals surface area contributed by atoms with Crippen LogP contribution in [0.4, 0.5) is 4.79 Å². The summed E-state index contributed by atoms with van der Waals surface area (Å²) in [5, 5.41) is 24.1. The maximum atomic E-state index is 13.1. The van der Waals surface area contributed by atoms with Gasteiger partial charge in [0.05, 0.1) is 6.54 Å². The zero-order valence-electron chi connectivity index (χ0n) is 20.4. The van der Waals surface area contributed by atoms with E-state index in [-0.39, 0.29) is 25.4 Å². The number of amides is 3. The lowest BCUT2D eigenvalue weighted by Gasteiger charge is -2.29. The van der Waals surface area contributed by atoms with Crippen LogP contribution in [0.1, 0.15) is 40.2 Å². The Bertz CT molecular complexity index is 996. The number of rotatable bonds is 9. The Balaban J connectivity index is 2.21. The van der Waals surface area contributed by atoms with Gasteiger partial charge in [-0.05, 0) is 43.0 Å². The molecule has 0 fully saturated rings. The van der Waals surface area contributed by atoms with E-state index in [1.165, 1.54) is 4.90 Å². The first-order valence-corrected chi connectivity index (χ1v) is 11.3. The molecule has 0 spiro atoms. The van der Waals surface area contributed by atoms with Crippen molar-refractivity contribution in [3.63, 3.8) is 0 Å². The van der Waals surface area contributed by atoms with Crippen molar-refractivity contribution in [1.29, 1.82) is 0 Å². The molecule has 0 heterocycles. The van der Waals surface area contributed by atoms with Crippen LogP contribution in [0.2, 0.25) is 0 Å². The molecule has 0 saturated carbocycles. The molecule has 9 nitrogen and oxygen atoms in total. The lowest BCUT2D eigenvalue weighted by Crippen LogP contribution is -2.54. The summed E-state index contributed by atoms with van der Waals surface area (Å²) < 4.78 is 5.20. The van der Waals surface area contributed by atoms with Crippen LogP contribution in [0, 0.1) is 5.92 Å². The number of hydrogen-bond donors (Lipinski definition) is 4. The van der Waals surface area contributed by atoms with Crippen LogP contribution >= 0.6 is 0 Å². The van der Waals surface area contributed by atoms with Crippen LogP contribution in [-0.2, 0) is 20.7 Å². The van der Waals surface area contributed by atoms with E-state index in [9.17, 15) is 24.7 Å². The van der Waals surface area contributed by atoms with Gasteiger partial charge < -0.3 is 20.1 Å². The van der Waals surface area contributed by atoms with Crippen LogP contribution in [-0.4, -0.2) is 64.0 Å². The molecule has 3 amide bonds. The summed E-state index contributed by atoms with van der Waals surface area (Å²) in [6.45, 7) is 8.74. The first-order valence-electron chi connectivity index (χ1n) is 11.3. The van der Waals surface area contributed by atoms with E-state index < -0.39 is 35.7 Å². The summed E-state index contributed by atoms with van der Waals surface area (Å²) in [6.07, 6.45) is -1.42. The van der Waals surface area contributed by atoms with Crippen LogP contribution < -0.4 is 10.8 Å². The highest BCUT2D eigenvalue weighted by Gasteiger charge is 2.30. The Kier molecular flexibility index (Phi) is 9.40. The van der Waals surface area contributed by atoms with Gasteiger partial charge in [0.25, 0.3) is 5.91 Å². The lowest BCUT2D eigenvalue weighted by atomic mass is 9.98. The largest absolute Gasteiger partial charge is 0.458 e. The maximum Gasteiger partial charge on any atom is 0.337 e. The summed E-state index contributed by atoms with van der Waals surface area (Å²) in [6, 6.07) is 11.6. The zero-order chi connectivity index (χ0) is 25.5. The highest BCUT2D eigenvalue weighted by Crippen LogP contribution is 2.20. The molecule has 0 bridgehead atoms. The normalized spacial score (nSPS) is 13.3. The van der Waals surface area contributed by atoms with Gasteiger partial charge in [0.1, 0.15) is 11.6 Å². The third-order valence-corrected chi connectivity index (χ3v) is 4.97. The molecule has 34 heavy (non-hydrogen) atoms. The molecule has 2 aromatic carbocycles. The Morgan fingerprint density at radius 2 is 1.68 bits per heavy atom. The third-order valence-electron chi connectivity index (χ3n) is 4.97. The van der Waals surface area contributed by atoms with Crippen molar-refractivity contribution in [2.45, 2.75) is 58.8 Å². The number of benzene rings is 2. The van der Waals surface area contributed by atoms with E-state index in [1.807, 2.05) is 56.3 Å². The Labute approximate surface area is 200 Å². The smallest absolute Gasteiger partial charge is 0.337 e. The predicted octanol–water partition coefficient (Wildman–Crippen LogP) is 2.63. The first-order chi connectivity index (χ1) is 15.9. The summed E-state index contributed by atoms with van der Waals surface area (Å²) in [5.74, 6) is -1.59. The number of aliphatic hydroxyl groups is 1. The number of hydroxylamine groups is 1. The van der Waals surface area contributed by atoms with E-state index in [1.54, 1.807) is 26.3 Å². The molecule has 0 aromatic heterocycles. The van der Waals surface area contributed by atoms with Gasteiger partial charge in [0.2, 0.25) is 0 Å². The fourth-order valence-electron chi connectivity index (χ4n) is 3.55. The summed E-state index contributed by atoms with van der Waals surface area (Å²) in [5.41, 5.74) is 1.64. The Morgan fingerprint density at radius 1 is 1.03 bits per heavy atom. The number of urea groups is 1. The monoisotopic (exact) mass is 473 g/mol. The molecule has 0 saturated heterocycles. The van der Waals surface area contributed by atoms with Gasteiger partial charge in [-0.25, -0.2) is 15.1 Å². The highest BCUT2D eigenvalue weighted by atomic mass is 16.6. The van der Waals surface area contributed by atoms with Crippen molar-refractivity contribution >= 4 is 28.7 Å². The van der Waals surface area contributed by atoms with Crippen molar-refractivity contribution in [2.24, 2.45) is 5.92 Å². The maximum absolute atomic E-state index is 13.1. The van der Waals surface area contributed by atoms with Gasteiger partial charge in [-0.15, -0.1) is 0 Å². The highest BCUT2D eigenvalue weighted by molar-refractivity contribution is 5.89. The number of nitrogens with zero attached hydrogens (tertiary/aromatic N) is 1. The van der Waals surface area contributed by atoms with Crippen molar-refractivity contribution in [1.82, 2.24) is 15.7 Å². The third kappa shape index (κ3) is 8.00. The minimum absolute atomic E-state index is 0.0276. The fourth-order valence-corrected chi connectivity index (χ4v) is 3.55. The summed E-state index contributed by atoms with van der Waals surface area (Å²) >= 11 is 0. The summed E-state index contributed by atoms with van der Waals surface area (Å²) in [4.78, 5) is 39.0. The minimum atomic E-state index is -1.55. The molecule has 2 atom stereocenters. The fraction of sp³-hybridized carbons (Fsp3) is 0.480. The van der Waals surface area contributed by atoms with Crippen molar-refractivity contribution in [3.05, 3.63) is 48.0 Å². The number of fused-ring (bicyclic) bond motifs is 1. The van der Waals surface area contributed by atoms with Crippen molar-refractivity contribution < 1.29 is 29.4 Å². The SMILES string of the molecule is CC(C)CN(CC(O)C(=O)OC(C)(C)C)C(=O)N[C@@H](Cc1cccc2ccccc12)C(=O)NO. The van der Waals surface area contributed by atoms with E-state index in [0.717, 1.165) is 16.3 Å². The topological polar surface area (TPSA) is 128 Å². The van der Waals surface area contributed by atoms with E-state index >= 15 is 0 Å². The number of esters is 1.